The molecule has 1 rings (SSSR count). The molecule has 0 unspecified atom stereocenters. The molecule has 0 aliphatic heterocycles. The molecule has 0 bridgehead atoms. The summed E-state index contributed by atoms with van der Waals surface area (Å²) in [5, 5.41) is 12.0. The second-order valence-electron chi connectivity index (χ2n) is 3.27. The fourth-order valence-electron chi connectivity index (χ4n) is 1.20. The van der Waals surface area contributed by atoms with Crippen molar-refractivity contribution < 1.29 is 14.4 Å². The lowest BCUT2D eigenvalue weighted by Gasteiger charge is -2.13. The zero-order chi connectivity index (χ0) is 10.4. The first-order valence-corrected chi connectivity index (χ1v) is 4.47. The molecule has 1 aromatic heterocycles. The molecule has 0 aromatic carbocycles. The molecule has 0 fully saturated rings. The van der Waals surface area contributed by atoms with Crippen LogP contribution in [0, 0.1) is 0 Å². The number of carboxylic acids is 1. The first kappa shape index (κ1) is 10.7. The maximum Gasteiger partial charge on any atom is 0.303 e. The smallest absolute Gasteiger partial charge is 0.303 e. The molecule has 5 heteroatoms. The third kappa shape index (κ3) is 4.04. The van der Waals surface area contributed by atoms with E-state index in [1.165, 1.54) is 0 Å². The molecule has 78 valence electrons. The fraction of sp³-hybridized carbons (Fsp3) is 0.556. The summed E-state index contributed by atoms with van der Waals surface area (Å²) in [6.45, 7) is 1.50. The largest absolute Gasteiger partial charge is 0.481 e. The van der Waals surface area contributed by atoms with Crippen molar-refractivity contribution in [1.29, 1.82) is 0 Å². The third-order valence-corrected chi connectivity index (χ3v) is 1.87. The van der Waals surface area contributed by atoms with Gasteiger partial charge in [-0.3, -0.25) is 4.79 Å². The summed E-state index contributed by atoms with van der Waals surface area (Å²) in [6.07, 6.45) is 4.13. The number of aliphatic carboxylic acids is 1. The van der Waals surface area contributed by atoms with Crippen LogP contribution in [0.1, 0.15) is 18.4 Å². The minimum Gasteiger partial charge on any atom is -0.481 e. The maximum atomic E-state index is 10.3. The highest BCUT2D eigenvalue weighted by atomic mass is 16.5. The fourth-order valence-corrected chi connectivity index (χ4v) is 1.20. The van der Waals surface area contributed by atoms with Gasteiger partial charge >= 0.3 is 5.97 Å². The Morgan fingerprint density at radius 1 is 1.71 bits per heavy atom. The van der Waals surface area contributed by atoms with Crippen molar-refractivity contribution in [1.82, 2.24) is 10.1 Å². The van der Waals surface area contributed by atoms with Gasteiger partial charge in [0.15, 0.2) is 0 Å². The Morgan fingerprint density at radius 2 is 2.50 bits per heavy atom. The molecule has 14 heavy (non-hydrogen) atoms. The van der Waals surface area contributed by atoms with E-state index >= 15 is 0 Å². The maximum absolute atomic E-state index is 10.3. The van der Waals surface area contributed by atoms with Crippen LogP contribution < -0.4 is 0 Å². The zero-order valence-electron chi connectivity index (χ0n) is 8.14. The highest BCUT2D eigenvalue weighted by Gasteiger charge is 2.03. The van der Waals surface area contributed by atoms with Crippen LogP contribution in [0.25, 0.3) is 0 Å². The lowest BCUT2D eigenvalue weighted by atomic mass is 10.3. The molecule has 0 saturated heterocycles. The number of carbonyl (C=O) groups is 1. The number of rotatable bonds is 6. The summed E-state index contributed by atoms with van der Waals surface area (Å²) in [6, 6.07) is 0. The van der Waals surface area contributed by atoms with Gasteiger partial charge < -0.3 is 14.5 Å². The Hall–Kier alpha value is -1.36. The zero-order valence-corrected chi connectivity index (χ0v) is 8.14. The van der Waals surface area contributed by atoms with Crippen LogP contribution in [0.15, 0.2) is 17.0 Å². The van der Waals surface area contributed by atoms with Gasteiger partial charge in [0.1, 0.15) is 6.26 Å². The van der Waals surface area contributed by atoms with Gasteiger partial charge in [0.05, 0.1) is 6.20 Å². The van der Waals surface area contributed by atoms with Crippen LogP contribution in [0.5, 0.6) is 0 Å². The van der Waals surface area contributed by atoms with Crippen molar-refractivity contribution in [3.05, 3.63) is 18.0 Å². The van der Waals surface area contributed by atoms with E-state index in [4.69, 9.17) is 5.11 Å². The van der Waals surface area contributed by atoms with Gasteiger partial charge in [-0.1, -0.05) is 5.16 Å². The van der Waals surface area contributed by atoms with E-state index in [0.717, 1.165) is 18.7 Å². The van der Waals surface area contributed by atoms with Crippen LogP contribution in [0.2, 0.25) is 0 Å². The predicted octanol–water partition coefficient (Wildman–Crippen LogP) is 0.971. The van der Waals surface area contributed by atoms with Gasteiger partial charge in [-0.2, -0.15) is 0 Å². The van der Waals surface area contributed by atoms with Gasteiger partial charge in [0.25, 0.3) is 0 Å². The van der Waals surface area contributed by atoms with Crippen molar-refractivity contribution in [2.45, 2.75) is 19.4 Å². The van der Waals surface area contributed by atoms with Gasteiger partial charge in [0, 0.05) is 18.5 Å². The molecule has 1 heterocycles. The summed E-state index contributed by atoms with van der Waals surface area (Å²) in [7, 11) is 1.94. The quantitative estimate of drug-likeness (QED) is 0.737. The molecule has 0 amide bonds. The minimum atomic E-state index is -0.747. The third-order valence-electron chi connectivity index (χ3n) is 1.87. The lowest BCUT2D eigenvalue weighted by Crippen LogP contribution is -2.19. The molecule has 0 spiro atoms. The van der Waals surface area contributed by atoms with E-state index in [2.05, 4.69) is 9.68 Å². The summed E-state index contributed by atoms with van der Waals surface area (Å²) >= 11 is 0. The van der Waals surface area contributed by atoms with Gasteiger partial charge in [0.2, 0.25) is 0 Å². The normalized spacial score (nSPS) is 10.7. The highest BCUT2D eigenvalue weighted by Crippen LogP contribution is 2.02. The number of hydrogen-bond acceptors (Lipinski definition) is 4. The van der Waals surface area contributed by atoms with Crippen LogP contribution in [-0.2, 0) is 11.3 Å². The van der Waals surface area contributed by atoms with Crippen LogP contribution in [0.3, 0.4) is 0 Å². The van der Waals surface area contributed by atoms with Crippen molar-refractivity contribution in [2.75, 3.05) is 13.6 Å². The van der Waals surface area contributed by atoms with E-state index in [1.54, 1.807) is 12.5 Å². The van der Waals surface area contributed by atoms with Crippen molar-refractivity contribution in [2.24, 2.45) is 0 Å². The molecular weight excluding hydrogens is 184 g/mol. The van der Waals surface area contributed by atoms with E-state index in [1.807, 2.05) is 11.9 Å². The first-order valence-electron chi connectivity index (χ1n) is 4.47. The van der Waals surface area contributed by atoms with Crippen molar-refractivity contribution >= 4 is 5.97 Å². The van der Waals surface area contributed by atoms with Crippen molar-refractivity contribution in [3.8, 4) is 0 Å². The molecule has 0 aliphatic carbocycles. The SMILES string of the molecule is CN(CCCC(=O)O)Cc1cnoc1. The topological polar surface area (TPSA) is 66.6 Å². The average molecular weight is 198 g/mol. The van der Waals surface area contributed by atoms with E-state index < -0.39 is 5.97 Å². The predicted molar refractivity (Wildman–Crippen MR) is 49.7 cm³/mol. The van der Waals surface area contributed by atoms with E-state index in [-0.39, 0.29) is 6.42 Å². The number of carboxylic acid groups (broad SMARTS) is 1. The summed E-state index contributed by atoms with van der Waals surface area (Å²) in [5.74, 6) is -0.747. The Labute approximate surface area is 82.3 Å². The standard InChI is InChI=1S/C9H14N2O3/c1-11(4-2-3-9(12)13)6-8-5-10-14-7-8/h5,7H,2-4,6H2,1H3,(H,12,13). The summed E-state index contributed by atoms with van der Waals surface area (Å²) < 4.78 is 4.69. The number of hydrogen-bond donors (Lipinski definition) is 1. The molecule has 1 N–H and O–H groups in total. The number of nitrogens with zero attached hydrogens (tertiary/aromatic N) is 2. The average Bonchev–Trinajstić information content (AvgIpc) is 2.56. The highest BCUT2D eigenvalue weighted by molar-refractivity contribution is 5.66. The molecular formula is C9H14N2O3. The molecule has 0 aliphatic rings. The van der Waals surface area contributed by atoms with Gasteiger partial charge in [-0.15, -0.1) is 0 Å². The Morgan fingerprint density at radius 3 is 3.07 bits per heavy atom. The Balaban J connectivity index is 2.16. The van der Waals surface area contributed by atoms with E-state index in [9.17, 15) is 4.79 Å². The molecule has 5 nitrogen and oxygen atoms in total. The second kappa shape index (κ2) is 5.39. The summed E-state index contributed by atoms with van der Waals surface area (Å²) in [5.41, 5.74) is 1.00. The van der Waals surface area contributed by atoms with Crippen molar-refractivity contribution in [3.63, 3.8) is 0 Å². The minimum absolute atomic E-state index is 0.216. The number of aromatic nitrogens is 1. The second-order valence-corrected chi connectivity index (χ2v) is 3.27. The van der Waals surface area contributed by atoms with Crippen LogP contribution >= 0.6 is 0 Å². The van der Waals surface area contributed by atoms with Crippen LogP contribution in [-0.4, -0.2) is 34.7 Å². The molecule has 1 aromatic rings. The molecule has 0 saturated carbocycles. The molecule has 0 atom stereocenters. The van der Waals surface area contributed by atoms with E-state index in [0.29, 0.717) is 6.42 Å². The van der Waals surface area contributed by atoms with Gasteiger partial charge in [-0.05, 0) is 20.0 Å². The first-order chi connectivity index (χ1) is 6.68. The molecule has 0 radical (unpaired) electrons. The monoisotopic (exact) mass is 198 g/mol. The van der Waals surface area contributed by atoms with Gasteiger partial charge in [-0.25, -0.2) is 0 Å². The Kier molecular flexibility index (Phi) is 4.12. The van der Waals surface area contributed by atoms with Crippen LogP contribution in [0.4, 0.5) is 0 Å². The Bertz CT molecular complexity index is 272. The lowest BCUT2D eigenvalue weighted by molar-refractivity contribution is -0.137. The summed E-state index contributed by atoms with van der Waals surface area (Å²) in [4.78, 5) is 12.3.